The number of carbonyl (C=O) groups excluding carboxylic acids is 1. The minimum absolute atomic E-state index is 0.0151. The SMILES string of the molecule is CCCCC/C=C\C/C=C\C/C=C\C/C=C\CCCCCC(=O)OC(CCCCCCCCCCCCCCC)CCCCCC(=O)O. The van der Waals surface area contributed by atoms with Crippen LogP contribution in [0.4, 0.5) is 0 Å². The molecule has 0 spiro atoms. The number of hydrogen-bond acceptors (Lipinski definition) is 3. The molecule has 48 heavy (non-hydrogen) atoms. The third-order valence-electron chi connectivity index (χ3n) is 9.05. The Morgan fingerprint density at radius 3 is 1.29 bits per heavy atom. The fourth-order valence-corrected chi connectivity index (χ4v) is 5.99. The monoisotopic (exact) mass is 671 g/mol. The summed E-state index contributed by atoms with van der Waals surface area (Å²) in [5, 5.41) is 8.90. The summed E-state index contributed by atoms with van der Waals surface area (Å²) < 4.78 is 5.94. The lowest BCUT2D eigenvalue weighted by Gasteiger charge is -2.18. The quantitative estimate of drug-likeness (QED) is 0.0406. The van der Waals surface area contributed by atoms with Gasteiger partial charge in [0.15, 0.2) is 0 Å². The summed E-state index contributed by atoms with van der Waals surface area (Å²) in [5.41, 5.74) is 0. The van der Waals surface area contributed by atoms with Gasteiger partial charge in [0.05, 0.1) is 0 Å². The van der Waals surface area contributed by atoms with Crippen LogP contribution in [-0.4, -0.2) is 23.1 Å². The van der Waals surface area contributed by atoms with E-state index in [0.29, 0.717) is 12.8 Å². The van der Waals surface area contributed by atoms with Crippen molar-refractivity contribution in [2.45, 2.75) is 219 Å². The smallest absolute Gasteiger partial charge is 0.306 e. The largest absolute Gasteiger partial charge is 0.481 e. The van der Waals surface area contributed by atoms with E-state index in [0.717, 1.165) is 77.0 Å². The van der Waals surface area contributed by atoms with E-state index < -0.39 is 5.97 Å². The Kier molecular flexibility index (Phi) is 37.6. The lowest BCUT2D eigenvalue weighted by Crippen LogP contribution is -2.18. The number of esters is 1. The first-order valence-electron chi connectivity index (χ1n) is 20.6. The molecule has 4 nitrogen and oxygen atoms in total. The number of aliphatic carboxylic acids is 1. The van der Waals surface area contributed by atoms with Crippen molar-refractivity contribution in [2.24, 2.45) is 0 Å². The van der Waals surface area contributed by atoms with Gasteiger partial charge in [-0.05, 0) is 83.5 Å². The Labute approximate surface area is 298 Å². The van der Waals surface area contributed by atoms with E-state index in [2.05, 4.69) is 62.5 Å². The van der Waals surface area contributed by atoms with Gasteiger partial charge in [0.25, 0.3) is 0 Å². The highest BCUT2D eigenvalue weighted by molar-refractivity contribution is 5.69. The van der Waals surface area contributed by atoms with Gasteiger partial charge in [-0.25, -0.2) is 0 Å². The van der Waals surface area contributed by atoms with Crippen LogP contribution in [0, 0.1) is 0 Å². The molecule has 1 atom stereocenters. The van der Waals surface area contributed by atoms with E-state index in [-0.39, 0.29) is 18.5 Å². The molecule has 1 unspecified atom stereocenters. The normalized spacial score (nSPS) is 12.7. The number of hydrogen-bond donors (Lipinski definition) is 1. The number of carboxylic acids is 1. The minimum Gasteiger partial charge on any atom is -0.481 e. The number of ether oxygens (including phenoxy) is 1. The lowest BCUT2D eigenvalue weighted by atomic mass is 10.0. The van der Waals surface area contributed by atoms with Crippen LogP contribution in [-0.2, 0) is 14.3 Å². The van der Waals surface area contributed by atoms with Crippen LogP contribution >= 0.6 is 0 Å². The molecule has 1 N–H and O–H groups in total. The first-order chi connectivity index (χ1) is 23.6. The highest BCUT2D eigenvalue weighted by Gasteiger charge is 2.14. The number of allylic oxidation sites excluding steroid dienone is 8. The second-order valence-corrected chi connectivity index (χ2v) is 13.8. The highest BCUT2D eigenvalue weighted by Crippen LogP contribution is 2.18. The first-order valence-corrected chi connectivity index (χ1v) is 20.6. The fourth-order valence-electron chi connectivity index (χ4n) is 5.99. The van der Waals surface area contributed by atoms with Crippen LogP contribution in [0.5, 0.6) is 0 Å². The summed E-state index contributed by atoms with van der Waals surface area (Å²) in [7, 11) is 0. The molecule has 0 rings (SSSR count). The summed E-state index contributed by atoms with van der Waals surface area (Å²) in [6.45, 7) is 4.52. The molecule has 0 fully saturated rings. The van der Waals surface area contributed by atoms with Crippen molar-refractivity contribution in [3.05, 3.63) is 48.6 Å². The highest BCUT2D eigenvalue weighted by atomic mass is 16.5. The van der Waals surface area contributed by atoms with E-state index in [1.807, 2.05) is 0 Å². The van der Waals surface area contributed by atoms with Crippen LogP contribution in [0.1, 0.15) is 213 Å². The molecule has 0 amide bonds. The van der Waals surface area contributed by atoms with Gasteiger partial charge in [-0.1, -0.05) is 165 Å². The van der Waals surface area contributed by atoms with Crippen LogP contribution in [0.15, 0.2) is 48.6 Å². The zero-order chi connectivity index (χ0) is 35.0. The molecule has 0 aliphatic heterocycles. The van der Waals surface area contributed by atoms with E-state index >= 15 is 0 Å². The molecule has 278 valence electrons. The van der Waals surface area contributed by atoms with Gasteiger partial charge in [-0.15, -0.1) is 0 Å². The number of unbranched alkanes of at least 4 members (excludes halogenated alkanes) is 20. The molecule has 0 aromatic rings. The van der Waals surface area contributed by atoms with Crippen molar-refractivity contribution in [2.75, 3.05) is 0 Å². The van der Waals surface area contributed by atoms with Crippen molar-refractivity contribution in [3.8, 4) is 0 Å². The van der Waals surface area contributed by atoms with E-state index in [1.165, 1.54) is 103 Å². The van der Waals surface area contributed by atoms with Gasteiger partial charge in [0.2, 0.25) is 0 Å². The van der Waals surface area contributed by atoms with E-state index in [1.54, 1.807) is 0 Å². The predicted octanol–water partition coefficient (Wildman–Crippen LogP) is 14.3. The minimum atomic E-state index is -0.729. The molecular formula is C44H78O4. The summed E-state index contributed by atoms with van der Waals surface area (Å²) in [6, 6.07) is 0. The molecule has 0 aromatic heterocycles. The summed E-state index contributed by atoms with van der Waals surface area (Å²) in [5.74, 6) is -0.786. The average Bonchev–Trinajstić information content (AvgIpc) is 3.07. The van der Waals surface area contributed by atoms with Crippen LogP contribution in [0.3, 0.4) is 0 Å². The molecular weight excluding hydrogens is 592 g/mol. The molecule has 0 saturated heterocycles. The van der Waals surface area contributed by atoms with Crippen molar-refractivity contribution in [1.29, 1.82) is 0 Å². The van der Waals surface area contributed by atoms with Crippen LogP contribution < -0.4 is 0 Å². The Hall–Kier alpha value is -2.10. The number of carboxylic acid groups (broad SMARTS) is 1. The lowest BCUT2D eigenvalue weighted by molar-refractivity contribution is -0.150. The Bertz CT molecular complexity index is 809. The van der Waals surface area contributed by atoms with Crippen LogP contribution in [0.2, 0.25) is 0 Å². The second kappa shape index (κ2) is 39.3. The third kappa shape index (κ3) is 38.3. The third-order valence-corrected chi connectivity index (χ3v) is 9.05. The Morgan fingerprint density at radius 1 is 0.458 bits per heavy atom. The van der Waals surface area contributed by atoms with Crippen molar-refractivity contribution >= 4 is 11.9 Å². The topological polar surface area (TPSA) is 63.6 Å². The first kappa shape index (κ1) is 45.9. The summed E-state index contributed by atoms with van der Waals surface area (Å²) >= 11 is 0. The molecule has 4 heteroatoms. The summed E-state index contributed by atoms with van der Waals surface area (Å²) in [6.07, 6.45) is 52.7. The Balaban J connectivity index is 4.01. The average molecular weight is 671 g/mol. The fraction of sp³-hybridized carbons (Fsp3) is 0.773. The zero-order valence-corrected chi connectivity index (χ0v) is 31.8. The van der Waals surface area contributed by atoms with Gasteiger partial charge in [-0.3, -0.25) is 9.59 Å². The number of rotatable bonds is 37. The van der Waals surface area contributed by atoms with Crippen LogP contribution in [0.25, 0.3) is 0 Å². The Morgan fingerprint density at radius 2 is 0.812 bits per heavy atom. The van der Waals surface area contributed by atoms with Gasteiger partial charge < -0.3 is 9.84 Å². The van der Waals surface area contributed by atoms with Crippen molar-refractivity contribution in [3.63, 3.8) is 0 Å². The van der Waals surface area contributed by atoms with E-state index in [9.17, 15) is 9.59 Å². The van der Waals surface area contributed by atoms with Gasteiger partial charge >= 0.3 is 11.9 Å². The van der Waals surface area contributed by atoms with Gasteiger partial charge in [0, 0.05) is 12.8 Å². The second-order valence-electron chi connectivity index (χ2n) is 13.8. The van der Waals surface area contributed by atoms with Gasteiger partial charge in [-0.2, -0.15) is 0 Å². The number of carbonyl (C=O) groups is 2. The van der Waals surface area contributed by atoms with Crippen molar-refractivity contribution < 1.29 is 19.4 Å². The maximum Gasteiger partial charge on any atom is 0.306 e. The van der Waals surface area contributed by atoms with Crippen molar-refractivity contribution in [1.82, 2.24) is 0 Å². The molecule has 0 heterocycles. The molecule has 0 radical (unpaired) electrons. The zero-order valence-electron chi connectivity index (χ0n) is 31.8. The molecule has 0 aliphatic rings. The predicted molar refractivity (Wildman–Crippen MR) is 209 cm³/mol. The maximum absolute atomic E-state index is 12.6. The molecule has 0 bridgehead atoms. The standard InChI is InChI=1S/C44H78O4/c1-3-5-7-9-11-13-15-17-18-19-20-21-22-24-26-28-30-32-37-41-44(47)48-42(39-35-33-36-40-43(45)46)38-34-31-29-27-25-23-16-14-12-10-8-6-4-2/h11,13,17-18,20-21,24,26,42H,3-10,12,14-16,19,22-23,25,27-41H2,1-2H3,(H,45,46)/b13-11-,18-17-,21-20-,26-24-. The maximum atomic E-state index is 12.6. The summed E-state index contributed by atoms with van der Waals surface area (Å²) in [4.78, 5) is 23.4. The van der Waals surface area contributed by atoms with E-state index in [4.69, 9.17) is 9.84 Å². The molecule has 0 aromatic carbocycles. The van der Waals surface area contributed by atoms with Gasteiger partial charge in [0.1, 0.15) is 6.10 Å². The molecule has 0 aliphatic carbocycles. The molecule has 0 saturated carbocycles.